The van der Waals surface area contributed by atoms with Gasteiger partial charge in [0.15, 0.2) is 0 Å². The van der Waals surface area contributed by atoms with Crippen LogP contribution in [-0.4, -0.2) is 22.5 Å². The lowest BCUT2D eigenvalue weighted by molar-refractivity contribution is -0.120. The highest BCUT2D eigenvalue weighted by Crippen LogP contribution is 2.23. The first kappa shape index (κ1) is 15.4. The number of anilines is 1. The van der Waals surface area contributed by atoms with Gasteiger partial charge in [0.1, 0.15) is 5.75 Å². The van der Waals surface area contributed by atoms with Crippen molar-refractivity contribution in [2.45, 2.75) is 26.7 Å². The topological polar surface area (TPSA) is 66.6 Å². The van der Waals surface area contributed by atoms with Crippen LogP contribution in [0.1, 0.15) is 26.7 Å². The van der Waals surface area contributed by atoms with Gasteiger partial charge in [0, 0.05) is 18.3 Å². The number of hydrogen-bond acceptors (Lipinski definition) is 3. The number of nitrogens with zero attached hydrogens (tertiary/aromatic N) is 1. The second-order valence-corrected chi connectivity index (χ2v) is 4.82. The first-order chi connectivity index (χ1) is 9.01. The Hall–Kier alpha value is -1.62. The zero-order chi connectivity index (χ0) is 14.4. The fourth-order valence-corrected chi connectivity index (χ4v) is 2.21. The Bertz CT molecular complexity index is 463. The van der Waals surface area contributed by atoms with E-state index in [0.29, 0.717) is 18.7 Å². The zero-order valence-electron chi connectivity index (χ0n) is 11.3. The van der Waals surface area contributed by atoms with Crippen molar-refractivity contribution in [2.75, 3.05) is 11.4 Å². The number of phenolic OH excluding ortho intramolecular Hbond substituents is 1. The number of hydrogen-bond donors (Lipinski definition) is 2. The summed E-state index contributed by atoms with van der Waals surface area (Å²) in [5.74, 6) is -0.420. The molecular formula is C14H20N2O2S. The summed E-state index contributed by atoms with van der Waals surface area (Å²) in [4.78, 5) is 14.3. The van der Waals surface area contributed by atoms with Crippen molar-refractivity contribution in [3.8, 4) is 5.75 Å². The fraction of sp³-hybridized carbons (Fsp3) is 0.429. The van der Waals surface area contributed by atoms with E-state index in [9.17, 15) is 9.90 Å². The number of amides is 1. The highest BCUT2D eigenvalue weighted by Gasteiger charge is 2.26. The standard InChI is InChI=1S/C14H20N2O2S/c1-3-6-12(13(15)19)14(18)16(4-2)10-7-5-8-11(17)9-10/h5,7-9,12,17H,3-4,6H2,1-2H3,(H2,15,19). The lowest BCUT2D eigenvalue weighted by atomic mass is 10.0. The van der Waals surface area contributed by atoms with Gasteiger partial charge in [0.05, 0.1) is 10.9 Å². The molecule has 1 atom stereocenters. The van der Waals surface area contributed by atoms with Crippen LogP contribution in [0.25, 0.3) is 0 Å². The van der Waals surface area contributed by atoms with Gasteiger partial charge in [-0.2, -0.15) is 0 Å². The van der Waals surface area contributed by atoms with E-state index in [1.165, 1.54) is 0 Å². The monoisotopic (exact) mass is 280 g/mol. The van der Waals surface area contributed by atoms with Gasteiger partial charge in [0.25, 0.3) is 0 Å². The van der Waals surface area contributed by atoms with Crippen LogP contribution in [0.4, 0.5) is 5.69 Å². The summed E-state index contributed by atoms with van der Waals surface area (Å²) in [6.07, 6.45) is 1.48. The minimum Gasteiger partial charge on any atom is -0.508 e. The van der Waals surface area contributed by atoms with E-state index in [1.807, 2.05) is 13.8 Å². The summed E-state index contributed by atoms with van der Waals surface area (Å²) in [6.45, 7) is 4.37. The lowest BCUT2D eigenvalue weighted by Gasteiger charge is -2.25. The minimum absolute atomic E-state index is 0.109. The SMILES string of the molecule is CCCC(C(=O)N(CC)c1cccc(O)c1)C(N)=S. The Morgan fingerprint density at radius 1 is 1.47 bits per heavy atom. The van der Waals surface area contributed by atoms with Crippen LogP contribution in [0, 0.1) is 5.92 Å². The Kier molecular flexibility index (Phi) is 5.76. The molecule has 1 aromatic carbocycles. The largest absolute Gasteiger partial charge is 0.508 e. The van der Waals surface area contributed by atoms with Crippen molar-refractivity contribution in [2.24, 2.45) is 11.7 Å². The predicted molar refractivity (Wildman–Crippen MR) is 81.3 cm³/mol. The predicted octanol–water partition coefficient (Wildman–Crippen LogP) is 2.45. The van der Waals surface area contributed by atoms with E-state index < -0.39 is 5.92 Å². The van der Waals surface area contributed by atoms with Gasteiger partial charge < -0.3 is 15.7 Å². The van der Waals surface area contributed by atoms with Crippen molar-refractivity contribution < 1.29 is 9.90 Å². The molecule has 0 aromatic heterocycles. The zero-order valence-corrected chi connectivity index (χ0v) is 12.1. The van der Waals surface area contributed by atoms with Gasteiger partial charge >= 0.3 is 0 Å². The number of carbonyl (C=O) groups is 1. The highest BCUT2D eigenvalue weighted by atomic mass is 32.1. The van der Waals surface area contributed by atoms with Crippen molar-refractivity contribution in [3.05, 3.63) is 24.3 Å². The van der Waals surface area contributed by atoms with Crippen molar-refractivity contribution >= 4 is 28.8 Å². The molecule has 0 radical (unpaired) electrons. The number of carbonyl (C=O) groups excluding carboxylic acids is 1. The van der Waals surface area contributed by atoms with Gasteiger partial charge in [-0.25, -0.2) is 0 Å². The summed E-state index contributed by atoms with van der Waals surface area (Å²) in [5.41, 5.74) is 6.32. The number of phenols is 1. The summed E-state index contributed by atoms with van der Waals surface area (Å²) in [5, 5.41) is 9.50. The fourth-order valence-electron chi connectivity index (χ4n) is 1.99. The van der Waals surface area contributed by atoms with E-state index in [2.05, 4.69) is 0 Å². The second-order valence-electron chi connectivity index (χ2n) is 4.35. The molecule has 1 unspecified atom stereocenters. The summed E-state index contributed by atoms with van der Waals surface area (Å²) in [7, 11) is 0. The number of rotatable bonds is 6. The molecule has 1 rings (SSSR count). The average Bonchev–Trinajstić information content (AvgIpc) is 2.36. The van der Waals surface area contributed by atoms with Crippen molar-refractivity contribution in [3.63, 3.8) is 0 Å². The molecule has 0 aliphatic heterocycles. The molecule has 0 aliphatic carbocycles. The van der Waals surface area contributed by atoms with E-state index in [-0.39, 0.29) is 16.6 Å². The first-order valence-electron chi connectivity index (χ1n) is 6.41. The highest BCUT2D eigenvalue weighted by molar-refractivity contribution is 7.80. The molecule has 0 heterocycles. The third-order valence-electron chi connectivity index (χ3n) is 2.94. The smallest absolute Gasteiger partial charge is 0.236 e. The van der Waals surface area contributed by atoms with E-state index in [4.69, 9.17) is 18.0 Å². The maximum atomic E-state index is 12.5. The van der Waals surface area contributed by atoms with Crippen LogP contribution in [0.3, 0.4) is 0 Å². The molecule has 1 amide bonds. The third kappa shape index (κ3) is 3.92. The number of benzene rings is 1. The molecule has 0 spiro atoms. The van der Waals surface area contributed by atoms with Crippen molar-refractivity contribution in [1.82, 2.24) is 0 Å². The number of nitrogens with two attached hydrogens (primary N) is 1. The van der Waals surface area contributed by atoms with Crippen LogP contribution in [-0.2, 0) is 4.79 Å². The molecule has 0 saturated carbocycles. The molecule has 0 aliphatic rings. The van der Waals surface area contributed by atoms with Crippen LogP contribution >= 0.6 is 12.2 Å². The van der Waals surface area contributed by atoms with Crippen LogP contribution in [0.5, 0.6) is 5.75 Å². The van der Waals surface area contributed by atoms with Gasteiger partial charge in [-0.3, -0.25) is 4.79 Å². The summed E-state index contributed by atoms with van der Waals surface area (Å²) >= 11 is 4.98. The summed E-state index contributed by atoms with van der Waals surface area (Å²) < 4.78 is 0. The van der Waals surface area contributed by atoms with Gasteiger partial charge in [-0.1, -0.05) is 31.6 Å². The van der Waals surface area contributed by atoms with E-state index in [1.54, 1.807) is 29.2 Å². The van der Waals surface area contributed by atoms with E-state index in [0.717, 1.165) is 6.42 Å². The van der Waals surface area contributed by atoms with Crippen LogP contribution in [0.2, 0.25) is 0 Å². The second kappa shape index (κ2) is 7.09. The normalized spacial score (nSPS) is 11.9. The van der Waals surface area contributed by atoms with Gasteiger partial charge in [-0.15, -0.1) is 0 Å². The number of thiocarbonyl (C=S) groups is 1. The molecule has 19 heavy (non-hydrogen) atoms. The Morgan fingerprint density at radius 3 is 2.63 bits per heavy atom. The molecule has 4 nitrogen and oxygen atoms in total. The molecule has 0 fully saturated rings. The van der Waals surface area contributed by atoms with Crippen LogP contribution in [0.15, 0.2) is 24.3 Å². The summed E-state index contributed by atoms with van der Waals surface area (Å²) in [6, 6.07) is 6.61. The minimum atomic E-state index is -0.442. The van der Waals surface area contributed by atoms with Gasteiger partial charge in [0.2, 0.25) is 5.91 Å². The Balaban J connectivity index is 3.01. The molecule has 104 valence electrons. The molecule has 0 bridgehead atoms. The third-order valence-corrected chi connectivity index (χ3v) is 3.23. The lowest BCUT2D eigenvalue weighted by Crippen LogP contribution is -2.41. The molecule has 0 saturated heterocycles. The quantitative estimate of drug-likeness (QED) is 0.786. The average molecular weight is 280 g/mol. The van der Waals surface area contributed by atoms with Gasteiger partial charge in [-0.05, 0) is 25.5 Å². The van der Waals surface area contributed by atoms with E-state index >= 15 is 0 Å². The maximum Gasteiger partial charge on any atom is 0.236 e. The number of aromatic hydroxyl groups is 1. The molecule has 1 aromatic rings. The Labute approximate surface area is 119 Å². The maximum absolute atomic E-state index is 12.5. The van der Waals surface area contributed by atoms with Crippen molar-refractivity contribution in [1.29, 1.82) is 0 Å². The molecular weight excluding hydrogens is 260 g/mol. The Morgan fingerprint density at radius 2 is 2.16 bits per heavy atom. The molecule has 5 heteroatoms. The first-order valence-corrected chi connectivity index (χ1v) is 6.81. The molecule has 3 N–H and O–H groups in total. The van der Waals surface area contributed by atoms with Crippen LogP contribution < -0.4 is 10.6 Å².